The normalized spacial score (nSPS) is 11.6. The van der Waals surface area contributed by atoms with Gasteiger partial charge >= 0.3 is 5.97 Å². The molecule has 6 aromatic carbocycles. The highest BCUT2D eigenvalue weighted by Gasteiger charge is 2.15. The van der Waals surface area contributed by atoms with Crippen molar-refractivity contribution >= 4 is 56.0 Å². The number of hydrogen-bond acceptors (Lipinski definition) is 3. The highest BCUT2D eigenvalue weighted by atomic mass is 16.5. The maximum Gasteiger partial charge on any atom is 0.335 e. The lowest BCUT2D eigenvalue weighted by Crippen LogP contribution is -2.19. The van der Waals surface area contributed by atoms with E-state index in [0.717, 1.165) is 32.3 Å². The molecule has 0 fully saturated rings. The van der Waals surface area contributed by atoms with E-state index in [0.29, 0.717) is 22.6 Å². The van der Waals surface area contributed by atoms with Crippen LogP contribution in [0, 0.1) is 0 Å². The van der Waals surface area contributed by atoms with E-state index < -0.39 is 5.97 Å². The Bertz CT molecular complexity index is 1920. The van der Waals surface area contributed by atoms with Gasteiger partial charge < -0.3 is 15.2 Å². The van der Waals surface area contributed by atoms with Crippen LogP contribution in [0.15, 0.2) is 127 Å². The molecule has 0 aliphatic heterocycles. The summed E-state index contributed by atoms with van der Waals surface area (Å²) in [5, 5.41) is 18.5. The third-order valence-electron chi connectivity index (χ3n) is 6.92. The summed E-state index contributed by atoms with van der Waals surface area (Å²) in [6, 6.07) is 38.3. The molecule has 2 N–H and O–H groups in total. The molecule has 0 aromatic heterocycles. The zero-order valence-electron chi connectivity index (χ0n) is 21.5. The number of amides is 1. The van der Waals surface area contributed by atoms with Gasteiger partial charge in [0.05, 0.1) is 11.1 Å². The van der Waals surface area contributed by atoms with E-state index in [4.69, 9.17) is 4.74 Å². The maximum atomic E-state index is 13.7. The summed E-state index contributed by atoms with van der Waals surface area (Å²) < 4.78 is 6.20. The number of carbonyl (C=O) groups is 2. The second-order valence-corrected chi connectivity index (χ2v) is 9.54. The molecule has 6 rings (SSSR count). The van der Waals surface area contributed by atoms with Crippen molar-refractivity contribution in [1.29, 1.82) is 0 Å². The summed E-state index contributed by atoms with van der Waals surface area (Å²) in [7, 11) is 0. The summed E-state index contributed by atoms with van der Waals surface area (Å²) in [4.78, 5) is 25.0. The second kappa shape index (κ2) is 10.8. The second-order valence-electron chi connectivity index (χ2n) is 9.54. The number of carbonyl (C=O) groups excluding carboxylic acids is 1. The van der Waals surface area contributed by atoms with Crippen molar-refractivity contribution in [2.24, 2.45) is 0 Å². The van der Waals surface area contributed by atoms with Crippen molar-refractivity contribution in [2.75, 3.05) is 11.9 Å². The highest BCUT2D eigenvalue weighted by Crippen LogP contribution is 2.30. The van der Waals surface area contributed by atoms with Gasteiger partial charge in [-0.25, -0.2) is 4.79 Å². The standard InChI is InChI=1S/C35H25NO4/c37-34(36-32-13-5-11-28-20-26-8-1-2-9-27(26)21-31(28)32)29(19-23-15-17-25(18-16-23)35(38)39)22-40-33-14-6-10-24-7-3-4-12-30(24)33/h1-21H,22H2,(H,36,37)(H,38,39). The molecule has 1 amide bonds. The van der Waals surface area contributed by atoms with Crippen LogP contribution in [-0.2, 0) is 4.79 Å². The number of aromatic carboxylic acids is 1. The molecule has 5 heteroatoms. The van der Waals surface area contributed by atoms with Crippen LogP contribution < -0.4 is 10.1 Å². The number of carboxylic acids is 1. The van der Waals surface area contributed by atoms with Crippen LogP contribution in [-0.4, -0.2) is 23.6 Å². The van der Waals surface area contributed by atoms with Crippen molar-refractivity contribution in [2.45, 2.75) is 0 Å². The van der Waals surface area contributed by atoms with Gasteiger partial charge in [0.2, 0.25) is 0 Å². The quantitative estimate of drug-likeness (QED) is 0.164. The molecule has 5 nitrogen and oxygen atoms in total. The Balaban J connectivity index is 1.35. The van der Waals surface area contributed by atoms with Crippen LogP contribution in [0.25, 0.3) is 38.4 Å². The van der Waals surface area contributed by atoms with Gasteiger partial charge in [-0.2, -0.15) is 0 Å². The molecule has 0 spiro atoms. The molecule has 0 bridgehead atoms. The fourth-order valence-electron chi connectivity index (χ4n) is 4.85. The van der Waals surface area contributed by atoms with Gasteiger partial charge in [-0.15, -0.1) is 0 Å². The predicted molar refractivity (Wildman–Crippen MR) is 161 cm³/mol. The van der Waals surface area contributed by atoms with Crippen molar-refractivity contribution in [1.82, 2.24) is 0 Å². The van der Waals surface area contributed by atoms with Gasteiger partial charge in [0.25, 0.3) is 5.91 Å². The van der Waals surface area contributed by atoms with Gasteiger partial charge in [-0.1, -0.05) is 84.9 Å². The van der Waals surface area contributed by atoms with Crippen molar-refractivity contribution in [3.8, 4) is 5.75 Å². The lowest BCUT2D eigenvalue weighted by Gasteiger charge is -2.14. The number of ether oxygens (including phenoxy) is 1. The average molecular weight is 524 g/mol. The van der Waals surface area contributed by atoms with E-state index in [2.05, 4.69) is 29.6 Å². The lowest BCUT2D eigenvalue weighted by molar-refractivity contribution is -0.113. The molecule has 0 saturated carbocycles. The van der Waals surface area contributed by atoms with E-state index in [1.165, 1.54) is 12.1 Å². The van der Waals surface area contributed by atoms with Crippen LogP contribution in [0.3, 0.4) is 0 Å². The maximum absolute atomic E-state index is 13.7. The minimum Gasteiger partial charge on any atom is -0.488 e. The number of rotatable bonds is 7. The van der Waals surface area contributed by atoms with Crippen LogP contribution in [0.5, 0.6) is 5.75 Å². The SMILES string of the molecule is O=C(Nc1cccc2cc3ccccc3cc12)C(=Cc1ccc(C(=O)O)cc1)COc1cccc2ccccc12. The van der Waals surface area contributed by atoms with Gasteiger partial charge in [0, 0.05) is 16.5 Å². The fraction of sp³-hybridized carbons (Fsp3) is 0.0286. The summed E-state index contributed by atoms with van der Waals surface area (Å²) in [6.45, 7) is 0.0220. The molecule has 0 aliphatic carbocycles. The van der Waals surface area contributed by atoms with Crippen molar-refractivity contribution in [3.63, 3.8) is 0 Å². The minimum absolute atomic E-state index is 0.0220. The molecule has 0 atom stereocenters. The molecule has 0 saturated heterocycles. The van der Waals surface area contributed by atoms with Crippen LogP contribution in [0.1, 0.15) is 15.9 Å². The van der Waals surface area contributed by atoms with Crippen LogP contribution in [0.4, 0.5) is 5.69 Å². The van der Waals surface area contributed by atoms with Gasteiger partial charge in [0.1, 0.15) is 12.4 Å². The van der Waals surface area contributed by atoms with E-state index in [9.17, 15) is 14.7 Å². The molecule has 6 aromatic rings. The minimum atomic E-state index is -1.00. The Kier molecular flexibility index (Phi) is 6.69. The topological polar surface area (TPSA) is 75.6 Å². The number of anilines is 1. The Labute approximate surface area is 231 Å². The molecule has 194 valence electrons. The van der Waals surface area contributed by atoms with Crippen molar-refractivity contribution in [3.05, 3.63) is 138 Å². The third-order valence-corrected chi connectivity index (χ3v) is 6.92. The zero-order chi connectivity index (χ0) is 27.5. The first kappa shape index (κ1) is 24.9. The first-order valence-electron chi connectivity index (χ1n) is 12.9. The first-order valence-corrected chi connectivity index (χ1v) is 12.9. The number of nitrogens with one attached hydrogen (secondary N) is 1. The summed E-state index contributed by atoms with van der Waals surface area (Å²) in [5.74, 6) is -0.630. The van der Waals surface area contributed by atoms with Gasteiger partial charge in [-0.05, 0) is 69.6 Å². The number of benzene rings is 6. The largest absolute Gasteiger partial charge is 0.488 e. The molecular weight excluding hydrogens is 498 g/mol. The molecule has 40 heavy (non-hydrogen) atoms. The Hall–Kier alpha value is -5.42. The van der Waals surface area contributed by atoms with E-state index in [-0.39, 0.29) is 18.1 Å². The monoisotopic (exact) mass is 523 g/mol. The molecular formula is C35H25NO4. The molecule has 0 heterocycles. The Morgan fingerprint density at radius 2 is 1.32 bits per heavy atom. The fourth-order valence-corrected chi connectivity index (χ4v) is 4.85. The van der Waals surface area contributed by atoms with E-state index >= 15 is 0 Å². The predicted octanol–water partition coefficient (Wildman–Crippen LogP) is 7.95. The first-order chi connectivity index (χ1) is 19.5. The smallest absolute Gasteiger partial charge is 0.335 e. The highest BCUT2D eigenvalue weighted by molar-refractivity contribution is 6.12. The number of carboxylic acid groups (broad SMARTS) is 1. The lowest BCUT2D eigenvalue weighted by atomic mass is 10.0. The van der Waals surface area contributed by atoms with E-state index in [1.54, 1.807) is 18.2 Å². The molecule has 0 unspecified atom stereocenters. The van der Waals surface area contributed by atoms with Crippen LogP contribution in [0.2, 0.25) is 0 Å². The molecule has 0 radical (unpaired) electrons. The Morgan fingerprint density at radius 3 is 2.10 bits per heavy atom. The van der Waals surface area contributed by atoms with Crippen LogP contribution >= 0.6 is 0 Å². The van der Waals surface area contributed by atoms with Gasteiger partial charge in [0.15, 0.2) is 0 Å². The summed E-state index contributed by atoms with van der Waals surface area (Å²) in [5.41, 5.74) is 1.97. The number of hydrogen-bond donors (Lipinski definition) is 2. The Morgan fingerprint density at radius 1 is 0.675 bits per heavy atom. The van der Waals surface area contributed by atoms with E-state index in [1.807, 2.05) is 72.8 Å². The molecule has 0 aliphatic rings. The van der Waals surface area contributed by atoms with Crippen molar-refractivity contribution < 1.29 is 19.4 Å². The summed E-state index contributed by atoms with van der Waals surface area (Å²) in [6.07, 6.45) is 1.73. The van der Waals surface area contributed by atoms with Gasteiger partial charge in [-0.3, -0.25) is 4.79 Å². The average Bonchev–Trinajstić information content (AvgIpc) is 2.98. The number of fused-ring (bicyclic) bond motifs is 3. The third kappa shape index (κ3) is 5.13. The zero-order valence-corrected chi connectivity index (χ0v) is 21.5. The summed E-state index contributed by atoms with van der Waals surface area (Å²) >= 11 is 0.